The van der Waals surface area contributed by atoms with Crippen molar-refractivity contribution in [3.63, 3.8) is 0 Å². The lowest BCUT2D eigenvalue weighted by molar-refractivity contribution is -0.114. The SMILES string of the molecule is CSc1ccccc1NC(=O)CN(C)c1ccnc2cc(Br)cnc12. The number of amides is 1. The number of para-hydroxylation sites is 1. The van der Waals surface area contributed by atoms with Gasteiger partial charge in [0.1, 0.15) is 5.52 Å². The number of hydrogen-bond acceptors (Lipinski definition) is 5. The van der Waals surface area contributed by atoms with Gasteiger partial charge in [-0.3, -0.25) is 14.8 Å². The average Bonchev–Trinajstić information content (AvgIpc) is 2.61. The van der Waals surface area contributed by atoms with Crippen molar-refractivity contribution in [2.75, 3.05) is 30.1 Å². The first-order valence-corrected chi connectivity index (χ1v) is 9.64. The maximum absolute atomic E-state index is 12.4. The Bertz CT molecular complexity index is 918. The lowest BCUT2D eigenvalue weighted by Crippen LogP contribution is -2.30. The standard InChI is InChI=1S/C18H17BrN4OS/c1-23(11-17(24)22-13-5-3-4-6-16(13)25-2)15-7-8-20-14-9-12(19)10-21-18(14)15/h3-10H,11H2,1-2H3,(H,22,24). The van der Waals surface area contributed by atoms with Gasteiger partial charge in [0, 0.05) is 28.8 Å². The van der Waals surface area contributed by atoms with E-state index in [1.54, 1.807) is 24.2 Å². The summed E-state index contributed by atoms with van der Waals surface area (Å²) in [4.78, 5) is 24.1. The Labute approximate surface area is 159 Å². The summed E-state index contributed by atoms with van der Waals surface area (Å²) < 4.78 is 0.874. The van der Waals surface area contributed by atoms with E-state index in [2.05, 4.69) is 31.2 Å². The summed E-state index contributed by atoms with van der Waals surface area (Å²) in [5.41, 5.74) is 3.25. The van der Waals surface area contributed by atoms with Crippen LogP contribution in [-0.4, -0.2) is 35.7 Å². The normalized spacial score (nSPS) is 10.7. The molecule has 0 spiro atoms. The van der Waals surface area contributed by atoms with Crippen LogP contribution >= 0.6 is 27.7 Å². The third kappa shape index (κ3) is 4.11. The summed E-state index contributed by atoms with van der Waals surface area (Å²) in [6.07, 6.45) is 5.45. The summed E-state index contributed by atoms with van der Waals surface area (Å²) in [7, 11) is 1.87. The number of anilines is 2. The van der Waals surface area contributed by atoms with Crippen molar-refractivity contribution in [3.05, 3.63) is 53.3 Å². The van der Waals surface area contributed by atoms with E-state index in [4.69, 9.17) is 0 Å². The van der Waals surface area contributed by atoms with Crippen LogP contribution in [0.1, 0.15) is 0 Å². The molecule has 0 unspecified atom stereocenters. The summed E-state index contributed by atoms with van der Waals surface area (Å²) in [6.45, 7) is 0.222. The lowest BCUT2D eigenvalue weighted by Gasteiger charge is -2.20. The first kappa shape index (κ1) is 17.7. The Kier molecular flexibility index (Phi) is 5.55. The minimum absolute atomic E-state index is 0.0777. The van der Waals surface area contributed by atoms with Crippen molar-refractivity contribution < 1.29 is 4.79 Å². The van der Waals surface area contributed by atoms with E-state index in [1.165, 1.54) is 0 Å². The van der Waals surface area contributed by atoms with Crippen molar-refractivity contribution >= 4 is 56.0 Å². The summed E-state index contributed by atoms with van der Waals surface area (Å²) in [5, 5.41) is 2.97. The molecule has 3 aromatic rings. The van der Waals surface area contributed by atoms with Crippen LogP contribution in [0.2, 0.25) is 0 Å². The second kappa shape index (κ2) is 7.84. The van der Waals surface area contributed by atoms with Crippen molar-refractivity contribution in [1.82, 2.24) is 9.97 Å². The van der Waals surface area contributed by atoms with Crippen LogP contribution in [0.4, 0.5) is 11.4 Å². The molecular formula is C18H17BrN4OS. The molecule has 2 aromatic heterocycles. The van der Waals surface area contributed by atoms with E-state index < -0.39 is 0 Å². The lowest BCUT2D eigenvalue weighted by atomic mass is 10.2. The van der Waals surface area contributed by atoms with Crippen LogP contribution in [0.15, 0.2) is 58.2 Å². The fourth-order valence-electron chi connectivity index (χ4n) is 2.54. The van der Waals surface area contributed by atoms with Gasteiger partial charge >= 0.3 is 0 Å². The van der Waals surface area contributed by atoms with E-state index in [0.717, 1.165) is 31.8 Å². The van der Waals surface area contributed by atoms with Gasteiger partial charge in [0.15, 0.2) is 0 Å². The molecule has 2 heterocycles. The Morgan fingerprint density at radius 1 is 1.28 bits per heavy atom. The van der Waals surface area contributed by atoms with Gasteiger partial charge in [-0.05, 0) is 46.5 Å². The number of carbonyl (C=O) groups is 1. The van der Waals surface area contributed by atoms with E-state index in [-0.39, 0.29) is 12.5 Å². The van der Waals surface area contributed by atoms with E-state index in [1.807, 2.05) is 54.6 Å². The second-order valence-electron chi connectivity index (χ2n) is 5.46. The molecule has 25 heavy (non-hydrogen) atoms. The van der Waals surface area contributed by atoms with Crippen molar-refractivity contribution in [2.24, 2.45) is 0 Å². The minimum atomic E-state index is -0.0777. The van der Waals surface area contributed by atoms with Gasteiger partial charge in [0.2, 0.25) is 5.91 Å². The smallest absolute Gasteiger partial charge is 0.243 e. The van der Waals surface area contributed by atoms with E-state index in [0.29, 0.717) is 0 Å². The number of benzene rings is 1. The van der Waals surface area contributed by atoms with Gasteiger partial charge in [-0.1, -0.05) is 12.1 Å². The molecule has 5 nitrogen and oxygen atoms in total. The number of thioether (sulfide) groups is 1. The van der Waals surface area contributed by atoms with Gasteiger partial charge in [-0.15, -0.1) is 11.8 Å². The maximum Gasteiger partial charge on any atom is 0.243 e. The predicted molar refractivity (Wildman–Crippen MR) is 107 cm³/mol. The van der Waals surface area contributed by atoms with Crippen LogP contribution in [0, 0.1) is 0 Å². The molecule has 1 N–H and O–H groups in total. The zero-order valence-corrected chi connectivity index (χ0v) is 16.3. The monoisotopic (exact) mass is 416 g/mol. The number of carbonyl (C=O) groups excluding carboxylic acids is 1. The largest absolute Gasteiger partial charge is 0.363 e. The topological polar surface area (TPSA) is 58.1 Å². The number of nitrogens with one attached hydrogen (secondary N) is 1. The molecule has 0 aliphatic heterocycles. The number of pyridine rings is 2. The maximum atomic E-state index is 12.4. The molecule has 0 radical (unpaired) electrons. The Balaban J connectivity index is 1.78. The highest BCUT2D eigenvalue weighted by Gasteiger charge is 2.13. The highest BCUT2D eigenvalue weighted by molar-refractivity contribution is 9.10. The number of rotatable bonds is 5. The predicted octanol–water partition coefficient (Wildman–Crippen LogP) is 4.19. The van der Waals surface area contributed by atoms with Gasteiger partial charge in [-0.2, -0.15) is 0 Å². The zero-order chi connectivity index (χ0) is 17.8. The Morgan fingerprint density at radius 3 is 2.88 bits per heavy atom. The number of fused-ring (bicyclic) bond motifs is 1. The number of aromatic nitrogens is 2. The van der Waals surface area contributed by atoms with Gasteiger partial charge < -0.3 is 10.2 Å². The first-order valence-electron chi connectivity index (χ1n) is 7.63. The number of hydrogen-bond donors (Lipinski definition) is 1. The quantitative estimate of drug-likeness (QED) is 0.631. The van der Waals surface area contributed by atoms with Crippen molar-refractivity contribution in [2.45, 2.75) is 4.90 Å². The first-order chi connectivity index (χ1) is 12.1. The molecule has 0 fully saturated rings. The molecule has 0 saturated carbocycles. The molecule has 1 aromatic carbocycles. The fraction of sp³-hybridized carbons (Fsp3) is 0.167. The number of halogens is 1. The molecule has 0 aliphatic carbocycles. The van der Waals surface area contributed by atoms with Crippen LogP contribution in [0.25, 0.3) is 11.0 Å². The van der Waals surface area contributed by atoms with Gasteiger partial charge in [0.05, 0.1) is 23.4 Å². The summed E-state index contributed by atoms with van der Waals surface area (Å²) >= 11 is 5.01. The third-order valence-corrected chi connectivity index (χ3v) is 4.93. The molecular weight excluding hydrogens is 400 g/mol. The van der Waals surface area contributed by atoms with Crippen LogP contribution in [-0.2, 0) is 4.79 Å². The van der Waals surface area contributed by atoms with E-state index >= 15 is 0 Å². The molecule has 0 atom stereocenters. The number of likely N-dealkylation sites (N-methyl/N-ethyl adjacent to an activating group) is 1. The second-order valence-corrected chi connectivity index (χ2v) is 7.22. The number of nitrogens with zero attached hydrogens (tertiary/aromatic N) is 3. The van der Waals surface area contributed by atoms with Crippen molar-refractivity contribution in [3.8, 4) is 0 Å². The Hall–Kier alpha value is -2.12. The Morgan fingerprint density at radius 2 is 2.08 bits per heavy atom. The molecule has 0 saturated heterocycles. The van der Waals surface area contributed by atoms with Gasteiger partial charge in [-0.25, -0.2) is 0 Å². The fourth-order valence-corrected chi connectivity index (χ4v) is 3.41. The average molecular weight is 417 g/mol. The molecule has 0 aliphatic rings. The zero-order valence-electron chi connectivity index (χ0n) is 13.9. The highest BCUT2D eigenvalue weighted by atomic mass is 79.9. The summed E-state index contributed by atoms with van der Waals surface area (Å²) in [6, 6.07) is 11.5. The molecule has 0 bridgehead atoms. The summed E-state index contributed by atoms with van der Waals surface area (Å²) in [5.74, 6) is -0.0777. The van der Waals surface area contributed by atoms with Crippen molar-refractivity contribution in [1.29, 1.82) is 0 Å². The van der Waals surface area contributed by atoms with Crippen LogP contribution in [0.3, 0.4) is 0 Å². The van der Waals surface area contributed by atoms with Crippen LogP contribution in [0.5, 0.6) is 0 Å². The minimum Gasteiger partial charge on any atom is -0.363 e. The molecule has 7 heteroatoms. The van der Waals surface area contributed by atoms with Crippen LogP contribution < -0.4 is 10.2 Å². The molecule has 128 valence electrons. The van der Waals surface area contributed by atoms with Gasteiger partial charge in [0.25, 0.3) is 0 Å². The molecule has 1 amide bonds. The molecule has 3 rings (SSSR count). The van der Waals surface area contributed by atoms with E-state index in [9.17, 15) is 4.79 Å². The third-order valence-electron chi connectivity index (χ3n) is 3.70. The highest BCUT2D eigenvalue weighted by Crippen LogP contribution is 2.26.